The molecule has 0 aromatic rings. The summed E-state index contributed by atoms with van der Waals surface area (Å²) in [6.45, 7) is 7.85. The Hall–Kier alpha value is -0.160. The Kier molecular flexibility index (Phi) is 3.54. The van der Waals surface area contributed by atoms with Gasteiger partial charge in [-0.2, -0.15) is 0 Å². The van der Waals surface area contributed by atoms with Crippen molar-refractivity contribution in [2.24, 2.45) is 0 Å². The molecule has 0 radical (unpaired) electrons. The van der Waals surface area contributed by atoms with Crippen LogP contribution >= 0.6 is 0 Å². The number of ether oxygens (including phenoxy) is 1. The first-order valence-corrected chi connectivity index (χ1v) is 6.36. The molecule has 2 rings (SSSR count). The van der Waals surface area contributed by atoms with Gasteiger partial charge in [-0.3, -0.25) is 9.80 Å². The van der Waals surface area contributed by atoms with E-state index in [1.807, 2.05) is 7.11 Å². The molecule has 16 heavy (non-hydrogen) atoms. The van der Waals surface area contributed by atoms with Crippen LogP contribution in [0.15, 0.2) is 0 Å². The molecule has 0 aromatic heterocycles. The summed E-state index contributed by atoms with van der Waals surface area (Å²) in [6.07, 6.45) is 1.90. The van der Waals surface area contributed by atoms with Gasteiger partial charge in [-0.05, 0) is 27.3 Å². The molecule has 0 amide bonds. The molecule has 94 valence electrons. The minimum absolute atomic E-state index is 0.244. The molecule has 5 unspecified atom stereocenters. The highest BCUT2D eigenvalue weighted by Crippen LogP contribution is 2.31. The van der Waals surface area contributed by atoms with Gasteiger partial charge < -0.3 is 10.1 Å². The van der Waals surface area contributed by atoms with E-state index in [2.05, 4.69) is 42.9 Å². The number of rotatable bonds is 2. The minimum Gasteiger partial charge on any atom is -0.365 e. The van der Waals surface area contributed by atoms with E-state index in [0.29, 0.717) is 24.3 Å². The first-order valence-electron chi connectivity index (χ1n) is 6.36. The van der Waals surface area contributed by atoms with Crippen LogP contribution in [0, 0.1) is 0 Å². The van der Waals surface area contributed by atoms with Crippen molar-refractivity contribution in [2.75, 3.05) is 20.7 Å². The number of nitrogens with one attached hydrogen (secondary N) is 1. The summed E-state index contributed by atoms with van der Waals surface area (Å²) in [5.41, 5.74) is 0. The Bertz CT molecular complexity index is 248. The number of piperazine rings is 1. The van der Waals surface area contributed by atoms with E-state index in [1.165, 1.54) is 6.42 Å². The predicted molar refractivity (Wildman–Crippen MR) is 65.2 cm³/mol. The lowest BCUT2D eigenvalue weighted by Gasteiger charge is -2.43. The lowest BCUT2D eigenvalue weighted by Crippen LogP contribution is -2.63. The Morgan fingerprint density at radius 2 is 2.06 bits per heavy atom. The summed E-state index contributed by atoms with van der Waals surface area (Å²) >= 11 is 0. The predicted octanol–water partition coefficient (Wildman–Crippen LogP) is 0.691. The van der Waals surface area contributed by atoms with Gasteiger partial charge in [-0.15, -0.1) is 0 Å². The molecule has 2 fully saturated rings. The summed E-state index contributed by atoms with van der Waals surface area (Å²) in [4.78, 5) is 4.96. The zero-order valence-corrected chi connectivity index (χ0v) is 11.1. The molecule has 2 aliphatic rings. The van der Waals surface area contributed by atoms with Gasteiger partial charge in [0.05, 0.1) is 6.17 Å². The second-order valence-electron chi connectivity index (χ2n) is 5.23. The summed E-state index contributed by atoms with van der Waals surface area (Å²) in [6, 6.07) is 1.57. The molecule has 0 bridgehead atoms. The number of likely N-dealkylation sites (N-methyl/N-ethyl adjacent to an activating group) is 1. The van der Waals surface area contributed by atoms with Gasteiger partial charge in [0.25, 0.3) is 0 Å². The van der Waals surface area contributed by atoms with Crippen molar-refractivity contribution in [1.82, 2.24) is 15.1 Å². The van der Waals surface area contributed by atoms with Crippen molar-refractivity contribution in [2.45, 2.75) is 57.7 Å². The third-order valence-corrected chi connectivity index (χ3v) is 4.16. The summed E-state index contributed by atoms with van der Waals surface area (Å²) in [7, 11) is 4.03. The quantitative estimate of drug-likeness (QED) is 0.751. The second kappa shape index (κ2) is 4.61. The fourth-order valence-electron chi connectivity index (χ4n) is 3.31. The number of nitrogens with zero attached hydrogens (tertiary/aromatic N) is 2. The Morgan fingerprint density at radius 3 is 2.62 bits per heavy atom. The SMILES string of the molecule is CCC1NC(C)CN2C(OC)C(C)N(C)C12. The molecule has 4 heteroatoms. The van der Waals surface area contributed by atoms with E-state index < -0.39 is 0 Å². The van der Waals surface area contributed by atoms with Crippen molar-refractivity contribution in [3.8, 4) is 0 Å². The highest BCUT2D eigenvalue weighted by molar-refractivity contribution is 5.00. The van der Waals surface area contributed by atoms with Gasteiger partial charge in [-0.1, -0.05) is 6.92 Å². The first kappa shape index (κ1) is 12.3. The minimum atomic E-state index is 0.244. The fraction of sp³-hybridized carbons (Fsp3) is 1.00. The summed E-state index contributed by atoms with van der Waals surface area (Å²) < 4.78 is 5.66. The van der Waals surface area contributed by atoms with Gasteiger partial charge in [0.1, 0.15) is 6.23 Å². The van der Waals surface area contributed by atoms with Crippen LogP contribution in [0.2, 0.25) is 0 Å². The Labute approximate surface area is 98.9 Å². The molecule has 2 saturated heterocycles. The van der Waals surface area contributed by atoms with Gasteiger partial charge in [-0.25, -0.2) is 0 Å². The number of methoxy groups -OCH3 is 1. The molecule has 0 aromatic carbocycles. The standard InChI is InChI=1S/C12H25N3O/c1-6-10-11-14(4)9(3)12(16-5)15(11)7-8(2)13-10/h8-13H,6-7H2,1-5H3. The Balaban J connectivity index is 2.22. The van der Waals surface area contributed by atoms with E-state index in [4.69, 9.17) is 4.74 Å². The smallest absolute Gasteiger partial charge is 0.127 e. The summed E-state index contributed by atoms with van der Waals surface area (Å²) in [5.74, 6) is 0. The largest absolute Gasteiger partial charge is 0.365 e. The van der Waals surface area contributed by atoms with E-state index >= 15 is 0 Å². The normalized spacial score (nSPS) is 45.9. The van der Waals surface area contributed by atoms with E-state index in [0.717, 1.165) is 6.54 Å². The highest BCUT2D eigenvalue weighted by atomic mass is 16.5. The molecule has 0 saturated carbocycles. The molecule has 2 aliphatic heterocycles. The van der Waals surface area contributed by atoms with Crippen LogP contribution in [0.4, 0.5) is 0 Å². The van der Waals surface area contributed by atoms with Gasteiger partial charge in [0, 0.05) is 31.8 Å². The Morgan fingerprint density at radius 1 is 1.38 bits per heavy atom. The molecule has 4 nitrogen and oxygen atoms in total. The van der Waals surface area contributed by atoms with Crippen LogP contribution in [0.25, 0.3) is 0 Å². The van der Waals surface area contributed by atoms with Gasteiger partial charge in [0.2, 0.25) is 0 Å². The van der Waals surface area contributed by atoms with Crippen molar-refractivity contribution in [3.63, 3.8) is 0 Å². The van der Waals surface area contributed by atoms with Crippen molar-refractivity contribution in [3.05, 3.63) is 0 Å². The van der Waals surface area contributed by atoms with Crippen LogP contribution in [-0.4, -0.2) is 61.0 Å². The third kappa shape index (κ3) is 1.78. The van der Waals surface area contributed by atoms with Crippen LogP contribution in [0.1, 0.15) is 27.2 Å². The van der Waals surface area contributed by atoms with Crippen molar-refractivity contribution >= 4 is 0 Å². The monoisotopic (exact) mass is 227 g/mol. The molecule has 0 spiro atoms. The zero-order chi connectivity index (χ0) is 11.9. The van der Waals surface area contributed by atoms with E-state index in [-0.39, 0.29) is 6.23 Å². The van der Waals surface area contributed by atoms with Gasteiger partial charge in [0.15, 0.2) is 0 Å². The molecular weight excluding hydrogens is 202 g/mol. The maximum atomic E-state index is 5.66. The number of hydrogen-bond acceptors (Lipinski definition) is 4. The van der Waals surface area contributed by atoms with Gasteiger partial charge >= 0.3 is 0 Å². The zero-order valence-electron chi connectivity index (χ0n) is 11.1. The lowest BCUT2D eigenvalue weighted by atomic mass is 10.1. The lowest BCUT2D eigenvalue weighted by molar-refractivity contribution is -0.0504. The highest BCUT2D eigenvalue weighted by Gasteiger charge is 2.48. The van der Waals surface area contributed by atoms with Crippen LogP contribution in [0.3, 0.4) is 0 Å². The van der Waals surface area contributed by atoms with Crippen molar-refractivity contribution in [1.29, 1.82) is 0 Å². The van der Waals surface area contributed by atoms with E-state index in [9.17, 15) is 0 Å². The second-order valence-corrected chi connectivity index (χ2v) is 5.23. The maximum absolute atomic E-state index is 5.66. The molecule has 5 atom stereocenters. The fourth-order valence-corrected chi connectivity index (χ4v) is 3.31. The third-order valence-electron chi connectivity index (χ3n) is 4.16. The van der Waals surface area contributed by atoms with Crippen LogP contribution in [0.5, 0.6) is 0 Å². The average Bonchev–Trinajstić information content (AvgIpc) is 2.50. The van der Waals surface area contributed by atoms with E-state index in [1.54, 1.807) is 0 Å². The number of hydrogen-bond donors (Lipinski definition) is 1. The first-order chi connectivity index (χ1) is 7.60. The van der Waals surface area contributed by atoms with Crippen molar-refractivity contribution < 1.29 is 4.74 Å². The topological polar surface area (TPSA) is 27.7 Å². The van der Waals surface area contributed by atoms with Crippen LogP contribution in [-0.2, 0) is 4.74 Å². The molecule has 2 heterocycles. The maximum Gasteiger partial charge on any atom is 0.127 e. The van der Waals surface area contributed by atoms with Crippen LogP contribution < -0.4 is 5.32 Å². The number of fused-ring (bicyclic) bond motifs is 1. The average molecular weight is 227 g/mol. The molecular formula is C12H25N3O. The molecule has 1 N–H and O–H groups in total. The summed E-state index contributed by atoms with van der Waals surface area (Å²) in [5, 5.41) is 3.69. The molecule has 0 aliphatic carbocycles.